The molecule has 0 spiro atoms. The van der Waals surface area contributed by atoms with Crippen molar-refractivity contribution in [1.82, 2.24) is 3.55 Å². The zero-order valence-electron chi connectivity index (χ0n) is 9.90. The molecule has 1 heterocycles. The lowest BCUT2D eigenvalue weighted by atomic mass is 10.3. The molecule has 0 atom stereocenters. The van der Waals surface area contributed by atoms with E-state index in [1.807, 2.05) is 0 Å². The molecule has 0 aliphatic heterocycles. The Morgan fingerprint density at radius 1 is 0.929 bits per heavy atom. The van der Waals surface area contributed by atoms with Crippen LogP contribution in [0, 0.1) is 11.8 Å². The Labute approximate surface area is 92.7 Å². The summed E-state index contributed by atoms with van der Waals surface area (Å²) < 4.78 is 2.50. The van der Waals surface area contributed by atoms with Crippen molar-refractivity contribution in [2.75, 3.05) is 0 Å². The Morgan fingerprint density at radius 2 is 1.36 bits per heavy atom. The van der Waals surface area contributed by atoms with E-state index in [9.17, 15) is 0 Å². The first-order valence-corrected chi connectivity index (χ1v) is 7.87. The van der Waals surface area contributed by atoms with Gasteiger partial charge in [0.25, 0.3) is 0 Å². The molecule has 0 bridgehead atoms. The van der Waals surface area contributed by atoms with Crippen LogP contribution in [0.3, 0.4) is 0 Å². The van der Waals surface area contributed by atoms with Crippen LogP contribution in [-0.2, 0) is 0 Å². The van der Waals surface area contributed by atoms with Crippen molar-refractivity contribution in [3.63, 3.8) is 0 Å². The molecule has 0 unspecified atom stereocenters. The van der Waals surface area contributed by atoms with Gasteiger partial charge in [-0.2, -0.15) is 0 Å². The predicted molar refractivity (Wildman–Crippen MR) is 64.9 cm³/mol. The van der Waals surface area contributed by atoms with Crippen LogP contribution >= 0.6 is 0 Å². The Morgan fingerprint density at radius 3 is 1.71 bits per heavy atom. The maximum Gasteiger partial charge on any atom is 0.418 e. The average molecular weight is 207 g/mol. The Bertz CT molecular complexity index is 229. The molecular weight excluding hydrogens is 185 g/mol. The Balaban J connectivity index is 2.62. The van der Waals surface area contributed by atoms with Gasteiger partial charge in [0.15, 0.2) is 0 Å². The van der Waals surface area contributed by atoms with Gasteiger partial charge in [-0.05, 0) is 24.5 Å². The third-order valence-corrected chi connectivity index (χ3v) is 6.70. The van der Waals surface area contributed by atoms with E-state index < -0.39 is 14.4 Å². The number of nitrogens with zero attached hydrogens (tertiary/aromatic N) is 1. The van der Waals surface area contributed by atoms with Crippen molar-refractivity contribution in [1.29, 1.82) is 0 Å². The van der Waals surface area contributed by atoms with Gasteiger partial charge in [0, 0.05) is 0 Å². The topological polar surface area (TPSA) is 4.93 Å². The van der Waals surface area contributed by atoms with Crippen molar-refractivity contribution in [2.45, 2.75) is 38.3 Å². The fourth-order valence-electron chi connectivity index (χ4n) is 2.02. The van der Waals surface area contributed by atoms with Gasteiger partial charge >= 0.3 is 14.4 Å². The summed E-state index contributed by atoms with van der Waals surface area (Å²) >= 11 is -0.742. The number of hydrogen-bond donors (Lipinski definition) is 0. The summed E-state index contributed by atoms with van der Waals surface area (Å²) in [5, 5.41) is 2.85. The normalized spacial score (nSPS) is 11.3. The summed E-state index contributed by atoms with van der Waals surface area (Å²) in [6.07, 6.45) is 4.50. The molecule has 1 nitrogen and oxygen atoms in total. The molecule has 0 aliphatic rings. The van der Waals surface area contributed by atoms with E-state index in [-0.39, 0.29) is 0 Å². The van der Waals surface area contributed by atoms with Crippen LogP contribution in [0.15, 0.2) is 24.5 Å². The molecule has 2 heteroatoms. The lowest BCUT2D eigenvalue weighted by Crippen LogP contribution is -2.26. The summed E-state index contributed by atoms with van der Waals surface area (Å²) in [5.74, 6) is 1.68. The van der Waals surface area contributed by atoms with Crippen molar-refractivity contribution >= 4 is 14.4 Å². The maximum absolute atomic E-state index is 2.50. The molecule has 1 rings (SSSR count). The van der Waals surface area contributed by atoms with Crippen molar-refractivity contribution < 1.29 is 0 Å². The van der Waals surface area contributed by atoms with E-state index >= 15 is 0 Å². The molecule has 1 aromatic rings. The molecule has 0 saturated heterocycles. The summed E-state index contributed by atoms with van der Waals surface area (Å²) in [6, 6.07) is 4.31. The highest BCUT2D eigenvalue weighted by atomic mass is 27.2. The summed E-state index contributed by atoms with van der Waals surface area (Å²) in [4.78, 5) is 0. The van der Waals surface area contributed by atoms with Gasteiger partial charge in [-0.1, -0.05) is 50.1 Å². The highest BCUT2D eigenvalue weighted by molar-refractivity contribution is 6.57. The average Bonchev–Trinajstić information content (AvgIpc) is 2.52. The molecule has 0 aromatic carbocycles. The highest BCUT2D eigenvalue weighted by Gasteiger charge is 2.22. The second kappa shape index (κ2) is 5.63. The van der Waals surface area contributed by atoms with Crippen LogP contribution in [-0.4, -0.2) is 17.9 Å². The largest absolute Gasteiger partial charge is 0.446 e. The summed E-state index contributed by atoms with van der Waals surface area (Å²) in [6.45, 7) is 9.35. The second-order valence-electron chi connectivity index (χ2n) is 5.04. The van der Waals surface area contributed by atoms with Crippen molar-refractivity contribution in [3.8, 4) is 0 Å². The SMILES string of the molecule is CC(C)[CH2][Al]([CH2]C(C)C)[n]1cccc1. The molecular formula is C12H22AlN. The lowest BCUT2D eigenvalue weighted by Gasteiger charge is -2.17. The molecule has 0 aliphatic carbocycles. The highest BCUT2D eigenvalue weighted by Crippen LogP contribution is 2.16. The summed E-state index contributed by atoms with van der Waals surface area (Å²) in [5.41, 5.74) is 0. The van der Waals surface area contributed by atoms with E-state index in [4.69, 9.17) is 0 Å². The Hall–Kier alpha value is -0.188. The van der Waals surface area contributed by atoms with Gasteiger partial charge in [-0.25, -0.2) is 0 Å². The van der Waals surface area contributed by atoms with E-state index in [1.54, 1.807) is 0 Å². The smallest absolute Gasteiger partial charge is 0.418 e. The molecule has 14 heavy (non-hydrogen) atoms. The van der Waals surface area contributed by atoms with Crippen LogP contribution < -0.4 is 0 Å². The quantitative estimate of drug-likeness (QED) is 0.650. The third kappa shape index (κ3) is 3.90. The van der Waals surface area contributed by atoms with E-state index in [1.165, 1.54) is 10.6 Å². The fourth-order valence-corrected chi connectivity index (χ4v) is 5.56. The molecule has 1 aromatic heterocycles. The minimum absolute atomic E-state index is 0.742. The first-order chi connectivity index (χ1) is 6.59. The van der Waals surface area contributed by atoms with Gasteiger partial charge in [0.05, 0.1) is 0 Å². The molecule has 0 fully saturated rings. The third-order valence-electron chi connectivity index (χ3n) is 2.54. The number of hydrogen-bond acceptors (Lipinski definition) is 0. The Kier molecular flexibility index (Phi) is 4.78. The van der Waals surface area contributed by atoms with Crippen LogP contribution in [0.25, 0.3) is 0 Å². The summed E-state index contributed by atoms with van der Waals surface area (Å²) in [7, 11) is 0. The van der Waals surface area contributed by atoms with Crippen molar-refractivity contribution in [2.24, 2.45) is 11.8 Å². The fraction of sp³-hybridized carbons (Fsp3) is 0.667. The first kappa shape index (κ1) is 11.9. The van der Waals surface area contributed by atoms with E-state index in [2.05, 4.69) is 55.8 Å². The zero-order valence-corrected chi connectivity index (χ0v) is 11.1. The number of aromatic nitrogens is 1. The van der Waals surface area contributed by atoms with Crippen molar-refractivity contribution in [3.05, 3.63) is 24.5 Å². The van der Waals surface area contributed by atoms with E-state index in [0.717, 1.165) is 11.8 Å². The van der Waals surface area contributed by atoms with Gasteiger partial charge in [-0.3, -0.25) is 0 Å². The monoisotopic (exact) mass is 207 g/mol. The predicted octanol–water partition coefficient (Wildman–Crippen LogP) is 3.64. The molecule has 78 valence electrons. The van der Waals surface area contributed by atoms with Gasteiger partial charge < -0.3 is 3.55 Å². The molecule has 0 radical (unpaired) electrons. The molecule has 0 N–H and O–H groups in total. The first-order valence-electron chi connectivity index (χ1n) is 5.72. The van der Waals surface area contributed by atoms with Crippen LogP contribution in [0.4, 0.5) is 0 Å². The van der Waals surface area contributed by atoms with Crippen LogP contribution in [0.5, 0.6) is 0 Å². The van der Waals surface area contributed by atoms with Gasteiger partial charge in [-0.15, -0.1) is 0 Å². The molecule has 0 saturated carbocycles. The number of rotatable bonds is 5. The minimum atomic E-state index is -0.742. The standard InChI is InChI=1S/C4H4N.2C4H9.Al/c1-2-4-5-3-1;2*1-4(2)3;/h1-4H;2*4H,1H2,2-3H3;/q-1;;;+1. The van der Waals surface area contributed by atoms with Crippen LogP contribution in [0.2, 0.25) is 10.6 Å². The molecule has 0 amide bonds. The lowest BCUT2D eigenvalue weighted by molar-refractivity contribution is 0.680. The maximum atomic E-state index is 2.50. The van der Waals surface area contributed by atoms with Crippen LogP contribution in [0.1, 0.15) is 27.7 Å². The van der Waals surface area contributed by atoms with Gasteiger partial charge in [0.2, 0.25) is 0 Å². The minimum Gasteiger partial charge on any atom is -0.446 e. The van der Waals surface area contributed by atoms with E-state index in [0.29, 0.717) is 0 Å². The van der Waals surface area contributed by atoms with Gasteiger partial charge in [0.1, 0.15) is 0 Å². The zero-order chi connectivity index (χ0) is 10.6. The second-order valence-corrected chi connectivity index (χ2v) is 7.89.